The van der Waals surface area contributed by atoms with Crippen LogP contribution in [0.2, 0.25) is 0 Å². The zero-order valence-corrected chi connectivity index (χ0v) is 12.3. The monoisotopic (exact) mass is 331 g/mol. The van der Waals surface area contributed by atoms with Gasteiger partial charge in [-0.05, 0) is 24.1 Å². The summed E-state index contributed by atoms with van der Waals surface area (Å²) in [6.07, 6.45) is -1.97. The molecule has 0 fully saturated rings. The van der Waals surface area contributed by atoms with Gasteiger partial charge in [0.25, 0.3) is 10.0 Å². The van der Waals surface area contributed by atoms with Crippen molar-refractivity contribution in [2.75, 3.05) is 10.8 Å². The fourth-order valence-corrected chi connectivity index (χ4v) is 4.06. The lowest BCUT2D eigenvalue weighted by molar-refractivity contribution is -0.138. The van der Waals surface area contributed by atoms with Crippen LogP contribution in [0.25, 0.3) is 0 Å². The van der Waals surface area contributed by atoms with E-state index in [0.717, 1.165) is 10.4 Å². The van der Waals surface area contributed by atoms with Crippen LogP contribution in [0.4, 0.5) is 18.9 Å². The van der Waals surface area contributed by atoms with Crippen molar-refractivity contribution in [1.29, 1.82) is 0 Å². The first-order valence-electron chi connectivity index (χ1n) is 6.42. The lowest BCUT2D eigenvalue weighted by Gasteiger charge is -2.19. The highest BCUT2D eigenvalue weighted by atomic mass is 32.2. The quantitative estimate of drug-likeness (QED) is 0.848. The summed E-state index contributed by atoms with van der Waals surface area (Å²) >= 11 is 0. The van der Waals surface area contributed by atoms with Crippen molar-refractivity contribution in [2.45, 2.75) is 17.5 Å². The number of aromatic nitrogens is 2. The topological polar surface area (TPSA) is 55.2 Å². The molecule has 1 aromatic heterocycles. The van der Waals surface area contributed by atoms with Crippen LogP contribution in [0.15, 0.2) is 35.5 Å². The molecule has 2 aromatic rings. The number of aryl methyl sites for hydroxylation is 1. The predicted octanol–water partition coefficient (Wildman–Crippen LogP) is 2.19. The van der Waals surface area contributed by atoms with Gasteiger partial charge >= 0.3 is 6.18 Å². The summed E-state index contributed by atoms with van der Waals surface area (Å²) in [4.78, 5) is -0.0414. The van der Waals surface area contributed by atoms with Gasteiger partial charge in [0, 0.05) is 19.8 Å². The van der Waals surface area contributed by atoms with E-state index in [1.165, 1.54) is 29.2 Å². The predicted molar refractivity (Wildman–Crippen MR) is 72.9 cm³/mol. The van der Waals surface area contributed by atoms with Crippen molar-refractivity contribution in [3.63, 3.8) is 0 Å². The maximum absolute atomic E-state index is 13.0. The van der Waals surface area contributed by atoms with Gasteiger partial charge in [-0.3, -0.25) is 8.99 Å². The van der Waals surface area contributed by atoms with Crippen molar-refractivity contribution in [1.82, 2.24) is 9.78 Å². The van der Waals surface area contributed by atoms with Crippen LogP contribution in [-0.2, 0) is 29.7 Å². The third-order valence-corrected chi connectivity index (χ3v) is 5.33. The number of anilines is 1. The van der Waals surface area contributed by atoms with E-state index < -0.39 is 21.8 Å². The molecule has 0 saturated heterocycles. The van der Waals surface area contributed by atoms with Gasteiger partial charge in [-0.1, -0.05) is 6.07 Å². The second kappa shape index (κ2) is 4.73. The molecule has 0 amide bonds. The molecule has 0 spiro atoms. The Labute approximate surface area is 125 Å². The number of alkyl halides is 3. The highest BCUT2D eigenvalue weighted by Gasteiger charge is 2.39. The summed E-state index contributed by atoms with van der Waals surface area (Å²) < 4.78 is 66.5. The van der Waals surface area contributed by atoms with Crippen LogP contribution in [0.1, 0.15) is 11.1 Å². The zero-order valence-electron chi connectivity index (χ0n) is 11.5. The summed E-state index contributed by atoms with van der Waals surface area (Å²) in [6, 6.07) is 3.59. The largest absolute Gasteiger partial charge is 0.416 e. The van der Waals surface area contributed by atoms with E-state index in [0.29, 0.717) is 0 Å². The molecule has 1 aliphatic heterocycles. The van der Waals surface area contributed by atoms with Gasteiger partial charge in [-0.25, -0.2) is 8.42 Å². The molecule has 118 valence electrons. The van der Waals surface area contributed by atoms with Crippen LogP contribution >= 0.6 is 0 Å². The molecule has 0 unspecified atom stereocenters. The molecule has 0 saturated carbocycles. The number of rotatable bonds is 2. The van der Waals surface area contributed by atoms with E-state index in [-0.39, 0.29) is 29.1 Å². The molecule has 0 N–H and O–H groups in total. The number of nitrogens with zero attached hydrogens (tertiary/aromatic N) is 3. The van der Waals surface area contributed by atoms with E-state index in [1.54, 1.807) is 7.05 Å². The number of hydrogen-bond donors (Lipinski definition) is 0. The van der Waals surface area contributed by atoms with E-state index in [4.69, 9.17) is 0 Å². The van der Waals surface area contributed by atoms with Gasteiger partial charge in [-0.15, -0.1) is 0 Å². The first kappa shape index (κ1) is 14.9. The molecule has 3 rings (SSSR count). The Hall–Kier alpha value is -2.03. The van der Waals surface area contributed by atoms with Gasteiger partial charge in [-0.2, -0.15) is 18.3 Å². The van der Waals surface area contributed by atoms with Gasteiger partial charge < -0.3 is 0 Å². The van der Waals surface area contributed by atoms with E-state index in [9.17, 15) is 21.6 Å². The summed E-state index contributed by atoms with van der Waals surface area (Å²) in [5.41, 5.74) is -0.685. The smallest absolute Gasteiger partial charge is 0.274 e. The van der Waals surface area contributed by atoms with Crippen LogP contribution in [0.3, 0.4) is 0 Å². The minimum atomic E-state index is -4.50. The Kier molecular flexibility index (Phi) is 3.20. The third kappa shape index (κ3) is 2.25. The molecule has 0 aliphatic carbocycles. The Bertz CT molecular complexity index is 827. The molecular formula is C13H12F3N3O2S. The van der Waals surface area contributed by atoms with Gasteiger partial charge in [0.2, 0.25) is 0 Å². The SMILES string of the molecule is Cn1cc(S(=O)(=O)N2CCc3c2cccc3C(F)(F)F)cn1. The maximum Gasteiger partial charge on any atom is 0.416 e. The van der Waals surface area contributed by atoms with Crippen molar-refractivity contribution in [3.8, 4) is 0 Å². The molecule has 5 nitrogen and oxygen atoms in total. The lowest BCUT2D eigenvalue weighted by Crippen LogP contribution is -2.28. The second-order valence-electron chi connectivity index (χ2n) is 4.98. The van der Waals surface area contributed by atoms with Gasteiger partial charge in [0.05, 0.1) is 17.4 Å². The molecule has 1 aliphatic rings. The fraction of sp³-hybridized carbons (Fsp3) is 0.308. The first-order valence-corrected chi connectivity index (χ1v) is 7.86. The molecule has 0 bridgehead atoms. The zero-order chi connectivity index (χ0) is 16.1. The average Bonchev–Trinajstić information content (AvgIpc) is 3.03. The van der Waals surface area contributed by atoms with Crippen molar-refractivity contribution in [3.05, 3.63) is 41.7 Å². The Balaban J connectivity index is 2.09. The number of sulfonamides is 1. The van der Waals surface area contributed by atoms with E-state index >= 15 is 0 Å². The molecule has 2 heterocycles. The number of halogens is 3. The number of fused-ring (bicyclic) bond motifs is 1. The average molecular weight is 331 g/mol. The summed E-state index contributed by atoms with van der Waals surface area (Å²) in [7, 11) is -2.34. The second-order valence-corrected chi connectivity index (χ2v) is 6.84. The van der Waals surface area contributed by atoms with Gasteiger partial charge in [0.15, 0.2) is 0 Å². The van der Waals surface area contributed by atoms with Crippen LogP contribution in [-0.4, -0.2) is 24.7 Å². The van der Waals surface area contributed by atoms with Crippen LogP contribution in [0, 0.1) is 0 Å². The first-order chi connectivity index (χ1) is 10.2. The highest BCUT2D eigenvalue weighted by molar-refractivity contribution is 7.92. The Morgan fingerprint density at radius 1 is 1.27 bits per heavy atom. The molecule has 9 heteroatoms. The van der Waals surface area contributed by atoms with E-state index in [2.05, 4.69) is 5.10 Å². The lowest BCUT2D eigenvalue weighted by atomic mass is 10.0. The molecule has 0 atom stereocenters. The van der Waals surface area contributed by atoms with Crippen molar-refractivity contribution < 1.29 is 21.6 Å². The molecule has 1 aromatic carbocycles. The van der Waals surface area contributed by atoms with Crippen LogP contribution < -0.4 is 4.31 Å². The minimum Gasteiger partial charge on any atom is -0.274 e. The Morgan fingerprint density at radius 3 is 2.59 bits per heavy atom. The number of benzene rings is 1. The number of hydrogen-bond acceptors (Lipinski definition) is 3. The summed E-state index contributed by atoms with van der Waals surface area (Å²) in [5, 5.41) is 3.80. The fourth-order valence-electron chi connectivity index (χ4n) is 2.58. The highest BCUT2D eigenvalue weighted by Crippen LogP contribution is 2.41. The standard InChI is InChI=1S/C13H12F3N3O2S/c1-18-8-9(7-17-18)22(20,21)19-6-5-10-11(13(14,15)16)3-2-4-12(10)19/h2-4,7-8H,5-6H2,1H3. The van der Waals surface area contributed by atoms with Crippen LogP contribution in [0.5, 0.6) is 0 Å². The molecule has 22 heavy (non-hydrogen) atoms. The molecular weight excluding hydrogens is 319 g/mol. The normalized spacial score (nSPS) is 15.2. The molecule has 0 radical (unpaired) electrons. The summed E-state index contributed by atoms with van der Waals surface area (Å²) in [6.45, 7) is -0.0142. The Morgan fingerprint density at radius 2 is 2.00 bits per heavy atom. The van der Waals surface area contributed by atoms with Crippen molar-refractivity contribution in [2.24, 2.45) is 7.05 Å². The van der Waals surface area contributed by atoms with E-state index in [1.807, 2.05) is 0 Å². The summed E-state index contributed by atoms with van der Waals surface area (Å²) in [5.74, 6) is 0. The minimum absolute atomic E-state index is 0.0142. The van der Waals surface area contributed by atoms with Gasteiger partial charge in [0.1, 0.15) is 4.90 Å². The third-order valence-electron chi connectivity index (χ3n) is 3.56. The van der Waals surface area contributed by atoms with Crippen molar-refractivity contribution >= 4 is 15.7 Å². The maximum atomic E-state index is 13.0.